The molecular formula is C16H19ClFNS. The molecule has 0 aliphatic carbocycles. The molecule has 2 rings (SSSR count). The molecule has 1 N–H and O–H groups in total. The van der Waals surface area contributed by atoms with E-state index in [9.17, 15) is 4.39 Å². The largest absolute Gasteiger partial charge is 0.306 e. The van der Waals surface area contributed by atoms with Crippen molar-refractivity contribution in [3.05, 3.63) is 56.0 Å². The molecule has 4 heteroatoms. The summed E-state index contributed by atoms with van der Waals surface area (Å²) in [6.07, 6.45) is 1.02. The third kappa shape index (κ3) is 3.22. The zero-order valence-electron chi connectivity index (χ0n) is 12.0. The Morgan fingerprint density at radius 1 is 1.30 bits per heavy atom. The molecule has 0 spiro atoms. The van der Waals surface area contributed by atoms with Crippen molar-refractivity contribution >= 4 is 22.9 Å². The first-order valence-corrected chi connectivity index (χ1v) is 8.03. The Hall–Kier alpha value is -0.900. The molecule has 1 atom stereocenters. The zero-order valence-corrected chi connectivity index (χ0v) is 13.5. The van der Waals surface area contributed by atoms with E-state index < -0.39 is 0 Å². The first-order chi connectivity index (χ1) is 9.54. The highest BCUT2D eigenvalue weighted by atomic mass is 35.5. The van der Waals surface area contributed by atoms with Gasteiger partial charge < -0.3 is 5.32 Å². The maximum Gasteiger partial charge on any atom is 0.126 e. The highest BCUT2D eigenvalue weighted by Gasteiger charge is 2.20. The fourth-order valence-electron chi connectivity index (χ4n) is 2.08. The van der Waals surface area contributed by atoms with Gasteiger partial charge in [0.15, 0.2) is 0 Å². The minimum Gasteiger partial charge on any atom is -0.306 e. The molecule has 1 aromatic carbocycles. The standard InChI is InChI=1S/C16H19ClFNS/c1-4-7-19-15(16-14(17)11(3)9-20-16)12-6-5-10(2)13(18)8-12/h5-6,8-9,15,19H,4,7H2,1-3H3. The van der Waals surface area contributed by atoms with Crippen LogP contribution >= 0.6 is 22.9 Å². The van der Waals surface area contributed by atoms with Crippen molar-refractivity contribution in [3.8, 4) is 0 Å². The molecule has 108 valence electrons. The Labute approximate surface area is 128 Å². The summed E-state index contributed by atoms with van der Waals surface area (Å²) in [5.74, 6) is -0.171. The van der Waals surface area contributed by atoms with Crippen molar-refractivity contribution in [2.24, 2.45) is 0 Å². The monoisotopic (exact) mass is 311 g/mol. The molecule has 2 aromatic rings. The number of halogens is 2. The number of hydrogen-bond donors (Lipinski definition) is 1. The van der Waals surface area contributed by atoms with E-state index in [-0.39, 0.29) is 11.9 Å². The maximum atomic E-state index is 13.8. The summed E-state index contributed by atoms with van der Waals surface area (Å²) in [6.45, 7) is 6.75. The number of nitrogens with one attached hydrogen (secondary N) is 1. The van der Waals surface area contributed by atoms with Crippen molar-refractivity contribution in [2.45, 2.75) is 33.2 Å². The third-order valence-corrected chi connectivity index (χ3v) is 5.09. The van der Waals surface area contributed by atoms with Gasteiger partial charge in [0.2, 0.25) is 0 Å². The predicted molar refractivity (Wildman–Crippen MR) is 85.3 cm³/mol. The van der Waals surface area contributed by atoms with Crippen LogP contribution in [0, 0.1) is 19.7 Å². The highest BCUT2D eigenvalue weighted by molar-refractivity contribution is 7.10. The van der Waals surface area contributed by atoms with Crippen LogP contribution in [0.5, 0.6) is 0 Å². The van der Waals surface area contributed by atoms with E-state index in [0.29, 0.717) is 5.56 Å². The van der Waals surface area contributed by atoms with Crippen molar-refractivity contribution in [1.29, 1.82) is 0 Å². The van der Waals surface area contributed by atoms with Crippen LogP contribution in [-0.4, -0.2) is 6.54 Å². The summed E-state index contributed by atoms with van der Waals surface area (Å²) in [6, 6.07) is 5.35. The lowest BCUT2D eigenvalue weighted by Crippen LogP contribution is -2.22. The summed E-state index contributed by atoms with van der Waals surface area (Å²) in [5, 5.41) is 6.29. The van der Waals surface area contributed by atoms with Crippen molar-refractivity contribution in [3.63, 3.8) is 0 Å². The maximum absolute atomic E-state index is 13.8. The second-order valence-electron chi connectivity index (χ2n) is 4.99. The second-order valence-corrected chi connectivity index (χ2v) is 6.28. The minimum absolute atomic E-state index is 0.0451. The van der Waals surface area contributed by atoms with E-state index >= 15 is 0 Å². The third-order valence-electron chi connectivity index (χ3n) is 3.32. The van der Waals surface area contributed by atoms with Gasteiger partial charge in [-0.3, -0.25) is 0 Å². The van der Waals surface area contributed by atoms with Gasteiger partial charge >= 0.3 is 0 Å². The van der Waals surface area contributed by atoms with Gasteiger partial charge in [-0.25, -0.2) is 4.39 Å². The van der Waals surface area contributed by atoms with Crippen LogP contribution in [0.1, 0.15) is 41.0 Å². The number of hydrogen-bond acceptors (Lipinski definition) is 2. The Morgan fingerprint density at radius 3 is 2.60 bits per heavy atom. The molecule has 1 aromatic heterocycles. The Morgan fingerprint density at radius 2 is 2.05 bits per heavy atom. The van der Waals surface area contributed by atoms with E-state index in [0.717, 1.165) is 34.0 Å². The number of rotatable bonds is 5. The van der Waals surface area contributed by atoms with E-state index in [1.165, 1.54) is 0 Å². The van der Waals surface area contributed by atoms with Gasteiger partial charge in [-0.05, 0) is 54.9 Å². The van der Waals surface area contributed by atoms with Crippen LogP contribution in [0.3, 0.4) is 0 Å². The van der Waals surface area contributed by atoms with Crippen molar-refractivity contribution < 1.29 is 4.39 Å². The molecule has 0 saturated carbocycles. The Balaban J connectivity index is 2.41. The quantitative estimate of drug-likeness (QED) is 0.795. The topological polar surface area (TPSA) is 12.0 Å². The van der Waals surface area contributed by atoms with Gasteiger partial charge in [0, 0.05) is 4.88 Å². The molecule has 0 fully saturated rings. The van der Waals surface area contributed by atoms with Gasteiger partial charge in [0.05, 0.1) is 11.1 Å². The summed E-state index contributed by atoms with van der Waals surface area (Å²) in [7, 11) is 0. The van der Waals surface area contributed by atoms with Crippen LogP contribution in [0.4, 0.5) is 4.39 Å². The summed E-state index contributed by atoms with van der Waals surface area (Å²) in [4.78, 5) is 1.06. The smallest absolute Gasteiger partial charge is 0.126 e. The molecule has 0 aliphatic rings. The van der Waals surface area contributed by atoms with Crippen LogP contribution in [-0.2, 0) is 0 Å². The van der Waals surface area contributed by atoms with Crippen molar-refractivity contribution in [2.75, 3.05) is 6.54 Å². The van der Waals surface area contributed by atoms with Crippen LogP contribution in [0.25, 0.3) is 0 Å². The zero-order chi connectivity index (χ0) is 14.7. The average Bonchev–Trinajstić information content (AvgIpc) is 2.75. The first-order valence-electron chi connectivity index (χ1n) is 6.77. The number of thiophene rings is 1. The highest BCUT2D eigenvalue weighted by Crippen LogP contribution is 2.36. The molecular weight excluding hydrogens is 293 g/mol. The predicted octanol–water partition coefficient (Wildman–Crippen LogP) is 5.25. The van der Waals surface area contributed by atoms with Gasteiger partial charge in [-0.2, -0.15) is 0 Å². The van der Waals surface area contributed by atoms with E-state index in [2.05, 4.69) is 12.2 Å². The molecule has 1 nitrogen and oxygen atoms in total. The summed E-state index contributed by atoms with van der Waals surface area (Å²) in [5.41, 5.74) is 2.66. The molecule has 0 amide bonds. The lowest BCUT2D eigenvalue weighted by atomic mass is 10.0. The van der Waals surface area contributed by atoms with Crippen LogP contribution < -0.4 is 5.32 Å². The van der Waals surface area contributed by atoms with E-state index in [1.54, 1.807) is 24.3 Å². The van der Waals surface area contributed by atoms with E-state index in [1.807, 2.05) is 24.4 Å². The fourth-order valence-corrected chi connectivity index (χ4v) is 3.49. The van der Waals surface area contributed by atoms with Gasteiger partial charge in [0.1, 0.15) is 5.82 Å². The molecule has 0 bridgehead atoms. The summed E-state index contributed by atoms with van der Waals surface area (Å²) >= 11 is 8.00. The number of aryl methyl sites for hydroxylation is 2. The second kappa shape index (κ2) is 6.70. The fraction of sp³-hybridized carbons (Fsp3) is 0.375. The SMILES string of the molecule is CCCNC(c1ccc(C)c(F)c1)c1scc(C)c1Cl. The molecule has 1 unspecified atom stereocenters. The average molecular weight is 312 g/mol. The first kappa shape index (κ1) is 15.5. The van der Waals surface area contributed by atoms with E-state index in [4.69, 9.17) is 11.6 Å². The lowest BCUT2D eigenvalue weighted by molar-refractivity contribution is 0.587. The molecule has 0 saturated heterocycles. The Kier molecular flexibility index (Phi) is 5.19. The molecule has 1 heterocycles. The summed E-state index contributed by atoms with van der Waals surface area (Å²) < 4.78 is 13.8. The Bertz CT molecular complexity index is 594. The molecule has 20 heavy (non-hydrogen) atoms. The van der Waals surface area contributed by atoms with Crippen LogP contribution in [0.2, 0.25) is 5.02 Å². The molecule has 0 aliphatic heterocycles. The number of benzene rings is 1. The van der Waals surface area contributed by atoms with Gasteiger partial charge in [-0.1, -0.05) is 30.7 Å². The van der Waals surface area contributed by atoms with Gasteiger partial charge in [-0.15, -0.1) is 11.3 Å². The minimum atomic E-state index is -0.171. The van der Waals surface area contributed by atoms with Crippen molar-refractivity contribution in [1.82, 2.24) is 5.32 Å². The normalized spacial score (nSPS) is 12.7. The lowest BCUT2D eigenvalue weighted by Gasteiger charge is -2.19. The van der Waals surface area contributed by atoms with Crippen LogP contribution in [0.15, 0.2) is 23.6 Å². The van der Waals surface area contributed by atoms with Gasteiger partial charge in [0.25, 0.3) is 0 Å². The molecule has 0 radical (unpaired) electrons.